The molecule has 24 heavy (non-hydrogen) atoms. The van der Waals surface area contributed by atoms with Crippen LogP contribution in [0.1, 0.15) is 40.0 Å². The minimum Gasteiger partial charge on any atom is -0.353 e. The van der Waals surface area contributed by atoms with Crippen LogP contribution in [-0.4, -0.2) is 84.9 Å². The van der Waals surface area contributed by atoms with Crippen molar-refractivity contribution in [3.05, 3.63) is 0 Å². The second-order valence-corrected chi connectivity index (χ2v) is 7.49. The fraction of sp³-hybridized carbons (Fsp3) is 0.889. The molecule has 2 fully saturated rings. The van der Waals surface area contributed by atoms with Crippen molar-refractivity contribution in [2.24, 2.45) is 5.92 Å². The first-order valence-electron chi connectivity index (χ1n) is 9.49. The lowest BCUT2D eigenvalue weighted by Gasteiger charge is -2.36. The molecule has 2 aliphatic rings. The summed E-state index contributed by atoms with van der Waals surface area (Å²) >= 11 is 0. The van der Waals surface area contributed by atoms with Crippen LogP contribution in [0.2, 0.25) is 0 Å². The van der Waals surface area contributed by atoms with E-state index in [2.05, 4.69) is 29.0 Å². The molecule has 0 aromatic heterocycles. The minimum atomic E-state index is 0.108. The van der Waals surface area contributed by atoms with Gasteiger partial charge in [-0.1, -0.05) is 13.8 Å². The van der Waals surface area contributed by atoms with Gasteiger partial charge in [-0.25, -0.2) is 0 Å². The van der Waals surface area contributed by atoms with Crippen molar-refractivity contribution >= 4 is 11.8 Å². The summed E-state index contributed by atoms with van der Waals surface area (Å²) in [4.78, 5) is 30.8. The smallest absolute Gasteiger partial charge is 0.236 e. The summed E-state index contributed by atoms with van der Waals surface area (Å²) in [6, 6.07) is 0.240. The third kappa shape index (κ3) is 6.06. The normalized spacial score (nSPS) is 22.4. The first-order chi connectivity index (χ1) is 11.5. The number of nitrogens with zero attached hydrogens (tertiary/aromatic N) is 3. The summed E-state index contributed by atoms with van der Waals surface area (Å²) in [5, 5.41) is 3.01. The van der Waals surface area contributed by atoms with Gasteiger partial charge in [0.1, 0.15) is 0 Å². The average Bonchev–Trinajstić information content (AvgIpc) is 2.57. The highest BCUT2D eigenvalue weighted by Gasteiger charge is 2.25. The van der Waals surface area contributed by atoms with Crippen LogP contribution in [-0.2, 0) is 9.59 Å². The van der Waals surface area contributed by atoms with E-state index in [1.807, 2.05) is 11.8 Å². The number of piperidine rings is 1. The molecule has 0 aromatic rings. The molecule has 2 amide bonds. The molecular formula is C18H34N4O2. The van der Waals surface area contributed by atoms with E-state index in [1.165, 1.54) is 0 Å². The number of piperazine rings is 1. The van der Waals surface area contributed by atoms with E-state index in [0.717, 1.165) is 64.4 Å². The zero-order chi connectivity index (χ0) is 17.5. The largest absolute Gasteiger partial charge is 0.353 e. The van der Waals surface area contributed by atoms with Gasteiger partial charge in [0, 0.05) is 45.3 Å². The van der Waals surface area contributed by atoms with Crippen molar-refractivity contribution < 1.29 is 9.59 Å². The van der Waals surface area contributed by atoms with Crippen LogP contribution in [0.4, 0.5) is 0 Å². The maximum atomic E-state index is 12.4. The van der Waals surface area contributed by atoms with Gasteiger partial charge < -0.3 is 10.2 Å². The summed E-state index contributed by atoms with van der Waals surface area (Å²) in [7, 11) is 0. The predicted molar refractivity (Wildman–Crippen MR) is 95.8 cm³/mol. The molecule has 2 rings (SSSR count). The second-order valence-electron chi connectivity index (χ2n) is 7.49. The quantitative estimate of drug-likeness (QED) is 0.777. The molecular weight excluding hydrogens is 304 g/mol. The Morgan fingerprint density at radius 3 is 2.08 bits per heavy atom. The lowest BCUT2D eigenvalue weighted by molar-refractivity contribution is -0.134. The summed E-state index contributed by atoms with van der Waals surface area (Å²) in [5.74, 6) is 1.13. The fourth-order valence-electron chi connectivity index (χ4n) is 3.28. The topological polar surface area (TPSA) is 55.9 Å². The molecule has 0 radical (unpaired) electrons. The number of carbonyl (C=O) groups is 2. The average molecular weight is 338 g/mol. The highest BCUT2D eigenvalue weighted by Crippen LogP contribution is 2.16. The number of carbonyl (C=O) groups excluding carboxylic acids is 2. The number of hydrogen-bond donors (Lipinski definition) is 1. The first kappa shape index (κ1) is 19.2. The molecule has 0 bridgehead atoms. The van der Waals surface area contributed by atoms with Crippen molar-refractivity contribution in [3.63, 3.8) is 0 Å². The Morgan fingerprint density at radius 2 is 1.54 bits per heavy atom. The van der Waals surface area contributed by atoms with Gasteiger partial charge in [-0.15, -0.1) is 0 Å². The number of rotatable bonds is 6. The van der Waals surface area contributed by atoms with E-state index < -0.39 is 0 Å². The van der Waals surface area contributed by atoms with Gasteiger partial charge in [-0.2, -0.15) is 0 Å². The van der Waals surface area contributed by atoms with Crippen molar-refractivity contribution in [3.8, 4) is 0 Å². The standard InChI is InChI=1S/C18H34N4O2/c1-4-16(3)19-17(23)13-20-9-11-21(12-10-20)14-18(24)22-7-5-15(2)6-8-22/h15-16H,4-14H2,1-3H3,(H,19,23). The zero-order valence-corrected chi connectivity index (χ0v) is 15.6. The van der Waals surface area contributed by atoms with Crippen LogP contribution in [0.3, 0.4) is 0 Å². The van der Waals surface area contributed by atoms with Gasteiger partial charge in [0.05, 0.1) is 13.1 Å². The molecule has 0 aliphatic carbocycles. The van der Waals surface area contributed by atoms with Gasteiger partial charge >= 0.3 is 0 Å². The number of hydrogen-bond acceptors (Lipinski definition) is 4. The van der Waals surface area contributed by atoms with Gasteiger partial charge in [-0.05, 0) is 32.1 Å². The van der Waals surface area contributed by atoms with Crippen molar-refractivity contribution in [2.45, 2.75) is 46.1 Å². The highest BCUT2D eigenvalue weighted by atomic mass is 16.2. The molecule has 2 heterocycles. The summed E-state index contributed by atoms with van der Waals surface area (Å²) in [5.41, 5.74) is 0. The van der Waals surface area contributed by atoms with Crippen molar-refractivity contribution in [1.29, 1.82) is 0 Å². The molecule has 138 valence electrons. The Morgan fingerprint density at radius 1 is 1.00 bits per heavy atom. The van der Waals surface area contributed by atoms with Crippen LogP contribution < -0.4 is 5.32 Å². The molecule has 2 aliphatic heterocycles. The number of amides is 2. The van der Waals surface area contributed by atoms with Crippen LogP contribution in [0.5, 0.6) is 0 Å². The third-order valence-corrected chi connectivity index (χ3v) is 5.35. The number of nitrogens with one attached hydrogen (secondary N) is 1. The van der Waals surface area contributed by atoms with E-state index >= 15 is 0 Å². The van der Waals surface area contributed by atoms with E-state index in [9.17, 15) is 9.59 Å². The zero-order valence-electron chi connectivity index (χ0n) is 15.6. The van der Waals surface area contributed by atoms with Crippen molar-refractivity contribution in [1.82, 2.24) is 20.0 Å². The van der Waals surface area contributed by atoms with Gasteiger partial charge in [0.2, 0.25) is 11.8 Å². The van der Waals surface area contributed by atoms with Gasteiger partial charge in [0.15, 0.2) is 0 Å². The molecule has 6 nitrogen and oxygen atoms in total. The molecule has 0 saturated carbocycles. The van der Waals surface area contributed by atoms with Crippen LogP contribution in [0.15, 0.2) is 0 Å². The van der Waals surface area contributed by atoms with E-state index in [4.69, 9.17) is 0 Å². The van der Waals surface area contributed by atoms with E-state index in [1.54, 1.807) is 0 Å². The lowest BCUT2D eigenvalue weighted by Crippen LogP contribution is -2.52. The van der Waals surface area contributed by atoms with E-state index in [-0.39, 0.29) is 17.9 Å². The maximum absolute atomic E-state index is 12.4. The molecule has 6 heteroatoms. The third-order valence-electron chi connectivity index (χ3n) is 5.35. The Balaban J connectivity index is 1.65. The molecule has 0 aromatic carbocycles. The van der Waals surface area contributed by atoms with E-state index in [0.29, 0.717) is 13.1 Å². The molecule has 1 atom stereocenters. The minimum absolute atomic E-state index is 0.108. The predicted octanol–water partition coefficient (Wildman–Crippen LogP) is 0.777. The van der Waals surface area contributed by atoms with Crippen LogP contribution in [0.25, 0.3) is 0 Å². The first-order valence-corrected chi connectivity index (χ1v) is 9.49. The highest BCUT2D eigenvalue weighted by molar-refractivity contribution is 5.79. The van der Waals surface area contributed by atoms with Gasteiger partial charge in [-0.3, -0.25) is 19.4 Å². The van der Waals surface area contributed by atoms with Crippen LogP contribution >= 0.6 is 0 Å². The molecule has 2 saturated heterocycles. The van der Waals surface area contributed by atoms with Gasteiger partial charge in [0.25, 0.3) is 0 Å². The van der Waals surface area contributed by atoms with Crippen molar-refractivity contribution in [2.75, 3.05) is 52.4 Å². The maximum Gasteiger partial charge on any atom is 0.236 e. The Labute approximate surface area is 146 Å². The molecule has 1 unspecified atom stereocenters. The fourth-order valence-corrected chi connectivity index (χ4v) is 3.28. The monoisotopic (exact) mass is 338 g/mol. The Kier molecular flexibility index (Phi) is 7.49. The number of likely N-dealkylation sites (tertiary alicyclic amines) is 1. The SMILES string of the molecule is CCC(C)NC(=O)CN1CCN(CC(=O)N2CCC(C)CC2)CC1. The molecule has 1 N–H and O–H groups in total. The lowest BCUT2D eigenvalue weighted by atomic mass is 9.99. The summed E-state index contributed by atoms with van der Waals surface area (Å²) in [6.45, 7) is 12.6. The Hall–Kier alpha value is -1.14. The van der Waals surface area contributed by atoms with Crippen LogP contribution in [0, 0.1) is 5.92 Å². The second kappa shape index (κ2) is 9.37. The molecule has 0 spiro atoms. The Bertz CT molecular complexity index is 413. The summed E-state index contributed by atoms with van der Waals surface area (Å²) in [6.07, 6.45) is 3.21. The summed E-state index contributed by atoms with van der Waals surface area (Å²) < 4.78 is 0.